The van der Waals surface area contributed by atoms with Crippen molar-refractivity contribution in [2.45, 2.75) is 45.4 Å². The van der Waals surface area contributed by atoms with Gasteiger partial charge in [-0.2, -0.15) is 13.2 Å². The minimum atomic E-state index is -4.48. The molecule has 1 amide bonds. The van der Waals surface area contributed by atoms with Crippen LogP contribution in [0.15, 0.2) is 12.3 Å². The molecule has 1 atom stereocenters. The number of likely N-dealkylation sites (tertiary alicyclic amines) is 1. The van der Waals surface area contributed by atoms with E-state index in [-0.39, 0.29) is 17.0 Å². The second-order valence-corrected chi connectivity index (χ2v) is 8.25. The zero-order valence-electron chi connectivity index (χ0n) is 15.9. The summed E-state index contributed by atoms with van der Waals surface area (Å²) in [7, 11) is 1.73. The lowest BCUT2D eigenvalue weighted by Crippen LogP contribution is -2.45. The standard InChI is InChI=1S/C18H25ClF3N3O2/c1-17(2,3)27-16(26)25-7-5-6-12(11-25)10-24(4)15-14(19)8-13(9-23-15)18(20,21)22/h8-9,12H,5-7,10-11H2,1-4H3/t12-/m0/s1. The van der Waals surface area contributed by atoms with E-state index in [0.717, 1.165) is 25.1 Å². The van der Waals surface area contributed by atoms with Crippen LogP contribution in [-0.4, -0.2) is 48.3 Å². The van der Waals surface area contributed by atoms with Crippen LogP contribution < -0.4 is 4.90 Å². The average molecular weight is 408 g/mol. The van der Waals surface area contributed by atoms with Gasteiger partial charge in [-0.15, -0.1) is 0 Å². The summed E-state index contributed by atoms with van der Waals surface area (Å²) >= 11 is 6.01. The Bertz CT molecular complexity index is 677. The molecule has 1 saturated heterocycles. The second kappa shape index (κ2) is 8.12. The van der Waals surface area contributed by atoms with E-state index in [0.29, 0.717) is 25.5 Å². The van der Waals surface area contributed by atoms with Gasteiger partial charge in [-0.1, -0.05) is 11.6 Å². The van der Waals surface area contributed by atoms with Gasteiger partial charge in [0, 0.05) is 32.9 Å². The first-order chi connectivity index (χ1) is 12.4. The maximum absolute atomic E-state index is 12.7. The van der Waals surface area contributed by atoms with E-state index in [1.165, 1.54) is 0 Å². The molecule has 0 unspecified atom stereocenters. The van der Waals surface area contributed by atoms with Gasteiger partial charge >= 0.3 is 12.3 Å². The molecule has 0 spiro atoms. The molecule has 2 rings (SSSR count). The monoisotopic (exact) mass is 407 g/mol. The predicted molar refractivity (Wildman–Crippen MR) is 98.1 cm³/mol. The Labute approximate surface area is 162 Å². The molecule has 1 fully saturated rings. The van der Waals surface area contributed by atoms with E-state index in [9.17, 15) is 18.0 Å². The Morgan fingerprint density at radius 3 is 2.63 bits per heavy atom. The first-order valence-electron chi connectivity index (χ1n) is 8.78. The van der Waals surface area contributed by atoms with Crippen LogP contribution >= 0.6 is 11.6 Å². The second-order valence-electron chi connectivity index (χ2n) is 7.84. The highest BCUT2D eigenvalue weighted by atomic mass is 35.5. The van der Waals surface area contributed by atoms with E-state index in [1.807, 2.05) is 20.8 Å². The van der Waals surface area contributed by atoms with Gasteiger partial charge in [-0.3, -0.25) is 0 Å². The minimum absolute atomic E-state index is 0.0490. The summed E-state index contributed by atoms with van der Waals surface area (Å²) in [5, 5.41) is -0.0490. The fourth-order valence-electron chi connectivity index (χ4n) is 3.05. The van der Waals surface area contributed by atoms with Crippen molar-refractivity contribution < 1.29 is 22.7 Å². The molecule has 0 bridgehead atoms. The number of piperidine rings is 1. The molecule has 9 heteroatoms. The SMILES string of the molecule is CN(C[C@@H]1CCCN(C(=O)OC(C)(C)C)C1)c1ncc(C(F)(F)F)cc1Cl. The first-order valence-corrected chi connectivity index (χ1v) is 9.16. The van der Waals surface area contributed by atoms with Crippen molar-refractivity contribution in [3.05, 3.63) is 22.8 Å². The molecule has 0 radical (unpaired) electrons. The first kappa shape index (κ1) is 21.6. The van der Waals surface area contributed by atoms with Crippen molar-refractivity contribution >= 4 is 23.5 Å². The zero-order chi connectivity index (χ0) is 20.4. The number of rotatable bonds is 3. The Morgan fingerprint density at radius 2 is 2.07 bits per heavy atom. The molecule has 0 aliphatic carbocycles. The number of nitrogens with zero attached hydrogens (tertiary/aromatic N) is 3. The lowest BCUT2D eigenvalue weighted by Gasteiger charge is -2.36. The third kappa shape index (κ3) is 6.16. The summed E-state index contributed by atoms with van der Waals surface area (Å²) in [4.78, 5) is 19.5. The lowest BCUT2D eigenvalue weighted by molar-refractivity contribution is -0.137. The smallest absolute Gasteiger partial charge is 0.417 e. The number of carbonyl (C=O) groups is 1. The van der Waals surface area contributed by atoms with Crippen LogP contribution in [0.2, 0.25) is 5.02 Å². The van der Waals surface area contributed by atoms with Crippen molar-refractivity contribution in [1.82, 2.24) is 9.88 Å². The van der Waals surface area contributed by atoms with Crippen molar-refractivity contribution in [2.24, 2.45) is 5.92 Å². The molecule has 2 heterocycles. The number of carbonyl (C=O) groups excluding carboxylic acids is 1. The molecule has 1 aromatic rings. The Balaban J connectivity index is 2.01. The van der Waals surface area contributed by atoms with Gasteiger partial charge in [-0.05, 0) is 45.6 Å². The molecular weight excluding hydrogens is 383 g/mol. The number of hydrogen-bond donors (Lipinski definition) is 0. The highest BCUT2D eigenvalue weighted by Gasteiger charge is 2.32. The van der Waals surface area contributed by atoms with Crippen LogP contribution in [0.5, 0.6) is 0 Å². The van der Waals surface area contributed by atoms with Gasteiger partial charge < -0.3 is 14.5 Å². The van der Waals surface area contributed by atoms with E-state index < -0.39 is 17.3 Å². The quantitative estimate of drug-likeness (QED) is 0.719. The van der Waals surface area contributed by atoms with Gasteiger partial charge in [0.15, 0.2) is 0 Å². The van der Waals surface area contributed by atoms with Gasteiger partial charge in [0.25, 0.3) is 0 Å². The number of hydrogen-bond acceptors (Lipinski definition) is 4. The van der Waals surface area contributed by atoms with Gasteiger partial charge in [0.05, 0.1) is 10.6 Å². The fourth-order valence-corrected chi connectivity index (χ4v) is 3.36. The van der Waals surface area contributed by atoms with Gasteiger partial charge in [0.1, 0.15) is 11.4 Å². The normalized spacial score (nSPS) is 18.4. The highest BCUT2D eigenvalue weighted by molar-refractivity contribution is 6.33. The van der Waals surface area contributed by atoms with Gasteiger partial charge in [-0.25, -0.2) is 9.78 Å². The topological polar surface area (TPSA) is 45.7 Å². The zero-order valence-corrected chi connectivity index (χ0v) is 16.7. The van der Waals surface area contributed by atoms with Crippen molar-refractivity contribution in [3.8, 4) is 0 Å². The molecular formula is C18H25ClF3N3O2. The molecule has 152 valence electrons. The summed E-state index contributed by atoms with van der Waals surface area (Å²) in [5.41, 5.74) is -1.43. The summed E-state index contributed by atoms with van der Waals surface area (Å²) in [5.74, 6) is 0.440. The Morgan fingerprint density at radius 1 is 1.41 bits per heavy atom. The van der Waals surface area contributed by atoms with E-state index in [1.54, 1.807) is 16.8 Å². The highest BCUT2D eigenvalue weighted by Crippen LogP contribution is 2.33. The van der Waals surface area contributed by atoms with Crippen LogP contribution in [-0.2, 0) is 10.9 Å². The van der Waals surface area contributed by atoms with Crippen molar-refractivity contribution in [3.63, 3.8) is 0 Å². The number of amides is 1. The molecule has 27 heavy (non-hydrogen) atoms. The van der Waals surface area contributed by atoms with Crippen LogP contribution in [0.4, 0.5) is 23.8 Å². The molecule has 1 aliphatic heterocycles. The number of alkyl halides is 3. The largest absolute Gasteiger partial charge is 0.444 e. The van der Waals surface area contributed by atoms with E-state index in [2.05, 4.69) is 4.98 Å². The van der Waals surface area contributed by atoms with Gasteiger partial charge in [0.2, 0.25) is 0 Å². The van der Waals surface area contributed by atoms with Crippen molar-refractivity contribution in [2.75, 3.05) is 31.6 Å². The van der Waals surface area contributed by atoms with Crippen LogP contribution in [0.25, 0.3) is 0 Å². The predicted octanol–water partition coefficient (Wildman–Crippen LogP) is 4.84. The Hall–Kier alpha value is -1.70. The number of aromatic nitrogens is 1. The number of ether oxygens (including phenoxy) is 1. The number of anilines is 1. The van der Waals surface area contributed by atoms with Crippen molar-refractivity contribution in [1.29, 1.82) is 0 Å². The Kier molecular flexibility index (Phi) is 6.50. The minimum Gasteiger partial charge on any atom is -0.444 e. The number of pyridine rings is 1. The van der Waals surface area contributed by atoms with E-state index in [4.69, 9.17) is 16.3 Å². The van der Waals surface area contributed by atoms with Crippen LogP contribution in [0.3, 0.4) is 0 Å². The molecule has 0 aromatic carbocycles. The third-order valence-electron chi connectivity index (χ3n) is 4.21. The average Bonchev–Trinajstić information content (AvgIpc) is 2.52. The molecule has 5 nitrogen and oxygen atoms in total. The molecule has 0 N–H and O–H groups in total. The summed E-state index contributed by atoms with van der Waals surface area (Å²) in [6.07, 6.45) is -2.30. The van der Waals surface area contributed by atoms with Crippen LogP contribution in [0.1, 0.15) is 39.2 Å². The maximum atomic E-state index is 12.7. The van der Waals surface area contributed by atoms with Crippen LogP contribution in [0, 0.1) is 5.92 Å². The summed E-state index contributed by atoms with van der Waals surface area (Å²) < 4.78 is 43.7. The summed E-state index contributed by atoms with van der Waals surface area (Å²) in [6.45, 7) is 7.14. The summed E-state index contributed by atoms with van der Waals surface area (Å²) in [6, 6.07) is 0.883. The fraction of sp³-hybridized carbons (Fsp3) is 0.667. The lowest BCUT2D eigenvalue weighted by atomic mass is 9.98. The molecule has 1 aliphatic rings. The third-order valence-corrected chi connectivity index (χ3v) is 4.49. The number of halogens is 4. The van der Waals surface area contributed by atoms with E-state index >= 15 is 0 Å². The maximum Gasteiger partial charge on any atom is 0.417 e. The molecule has 1 aromatic heterocycles. The molecule has 0 saturated carbocycles.